The predicted octanol–water partition coefficient (Wildman–Crippen LogP) is 2.06. The van der Waals surface area contributed by atoms with Crippen molar-refractivity contribution in [2.45, 2.75) is 30.7 Å². The summed E-state index contributed by atoms with van der Waals surface area (Å²) in [6, 6.07) is 12.0. The Hall–Kier alpha value is -2.98. The first-order valence-electron chi connectivity index (χ1n) is 10.7. The number of hydrogen-bond acceptors (Lipinski definition) is 5. The summed E-state index contributed by atoms with van der Waals surface area (Å²) in [5, 5.41) is 5.52. The third-order valence-electron chi connectivity index (χ3n) is 5.53. The van der Waals surface area contributed by atoms with Crippen LogP contribution in [-0.2, 0) is 26.2 Å². The molecule has 2 aromatic carbocycles. The molecule has 1 fully saturated rings. The van der Waals surface area contributed by atoms with Gasteiger partial charge in [0.15, 0.2) is 0 Å². The van der Waals surface area contributed by atoms with Crippen molar-refractivity contribution >= 4 is 21.8 Å². The maximum Gasteiger partial charge on any atom is 0.243 e. The van der Waals surface area contributed by atoms with E-state index in [1.54, 1.807) is 7.11 Å². The number of carbonyl (C=O) groups is 2. The first kappa shape index (κ1) is 24.7. The number of sulfonamides is 1. The molecular weight excluding hydrogens is 449 g/mol. The Morgan fingerprint density at radius 1 is 1.12 bits per heavy atom. The normalized spacial score (nSPS) is 16.7. The van der Waals surface area contributed by atoms with Crippen LogP contribution in [0.25, 0.3) is 0 Å². The highest BCUT2D eigenvalue weighted by atomic mass is 32.2. The van der Waals surface area contributed by atoms with Crippen molar-refractivity contribution in [3.05, 3.63) is 59.9 Å². The van der Waals surface area contributed by atoms with E-state index in [0.29, 0.717) is 31.7 Å². The SMILES string of the molecule is COc1ccccc1CNC(=O)CCNC(=O)[C@@H]1CCCN(S(=O)(=O)c2ccc(F)cc2)C1. The van der Waals surface area contributed by atoms with E-state index < -0.39 is 21.8 Å². The maximum absolute atomic E-state index is 13.1. The molecule has 0 bridgehead atoms. The van der Waals surface area contributed by atoms with E-state index in [-0.39, 0.29) is 36.2 Å². The Kier molecular flexibility index (Phi) is 8.40. The van der Waals surface area contributed by atoms with Gasteiger partial charge < -0.3 is 15.4 Å². The highest BCUT2D eigenvalue weighted by Crippen LogP contribution is 2.24. The van der Waals surface area contributed by atoms with E-state index in [9.17, 15) is 22.4 Å². The van der Waals surface area contributed by atoms with E-state index in [4.69, 9.17) is 4.74 Å². The van der Waals surface area contributed by atoms with Crippen LogP contribution < -0.4 is 15.4 Å². The highest BCUT2D eigenvalue weighted by Gasteiger charge is 2.33. The van der Waals surface area contributed by atoms with Gasteiger partial charge in [0.2, 0.25) is 21.8 Å². The number of amides is 2. The summed E-state index contributed by atoms with van der Waals surface area (Å²) in [4.78, 5) is 24.7. The minimum atomic E-state index is -3.81. The number of hydrogen-bond donors (Lipinski definition) is 2. The number of methoxy groups -OCH3 is 1. The Balaban J connectivity index is 1.46. The van der Waals surface area contributed by atoms with Crippen LogP contribution in [0.5, 0.6) is 5.75 Å². The minimum Gasteiger partial charge on any atom is -0.496 e. The van der Waals surface area contributed by atoms with Crippen LogP contribution in [-0.4, -0.2) is 51.3 Å². The zero-order chi connectivity index (χ0) is 23.8. The van der Waals surface area contributed by atoms with Gasteiger partial charge in [0.1, 0.15) is 11.6 Å². The number of benzene rings is 2. The average Bonchev–Trinajstić information content (AvgIpc) is 2.83. The number of ether oxygens (including phenoxy) is 1. The molecule has 1 aliphatic rings. The maximum atomic E-state index is 13.1. The Morgan fingerprint density at radius 3 is 2.58 bits per heavy atom. The lowest BCUT2D eigenvalue weighted by Crippen LogP contribution is -2.45. The van der Waals surface area contributed by atoms with Crippen LogP contribution in [0, 0.1) is 11.7 Å². The van der Waals surface area contributed by atoms with Crippen molar-refractivity contribution in [3.8, 4) is 5.75 Å². The van der Waals surface area contributed by atoms with Gasteiger partial charge in [-0.25, -0.2) is 12.8 Å². The summed E-state index contributed by atoms with van der Waals surface area (Å²) in [5.41, 5.74) is 0.849. The molecule has 2 amide bonds. The van der Waals surface area contributed by atoms with E-state index >= 15 is 0 Å². The molecule has 0 aromatic heterocycles. The van der Waals surface area contributed by atoms with Crippen molar-refractivity contribution in [1.82, 2.24) is 14.9 Å². The fourth-order valence-corrected chi connectivity index (χ4v) is 5.23. The Bertz CT molecular complexity index is 1080. The van der Waals surface area contributed by atoms with Crippen LogP contribution in [0.1, 0.15) is 24.8 Å². The monoisotopic (exact) mass is 477 g/mol. The Labute approximate surface area is 193 Å². The molecule has 0 spiro atoms. The molecule has 1 aliphatic heterocycles. The van der Waals surface area contributed by atoms with Gasteiger partial charge in [0.25, 0.3) is 0 Å². The van der Waals surface area contributed by atoms with E-state index in [1.165, 1.54) is 16.4 Å². The zero-order valence-electron chi connectivity index (χ0n) is 18.4. The van der Waals surface area contributed by atoms with Crippen molar-refractivity contribution in [2.75, 3.05) is 26.7 Å². The number of piperidine rings is 1. The van der Waals surface area contributed by atoms with Gasteiger partial charge in [-0.05, 0) is 43.2 Å². The van der Waals surface area contributed by atoms with Gasteiger partial charge in [-0.15, -0.1) is 0 Å². The molecule has 1 saturated heterocycles. The molecule has 3 rings (SSSR count). The topological polar surface area (TPSA) is 105 Å². The second-order valence-electron chi connectivity index (χ2n) is 7.79. The molecule has 0 radical (unpaired) electrons. The van der Waals surface area contributed by atoms with Crippen molar-refractivity contribution in [2.24, 2.45) is 5.92 Å². The molecule has 178 valence electrons. The zero-order valence-corrected chi connectivity index (χ0v) is 19.2. The third kappa shape index (κ3) is 6.52. The lowest BCUT2D eigenvalue weighted by Gasteiger charge is -2.31. The quantitative estimate of drug-likeness (QED) is 0.575. The van der Waals surface area contributed by atoms with E-state index in [2.05, 4.69) is 10.6 Å². The summed E-state index contributed by atoms with van der Waals surface area (Å²) < 4.78 is 45.3. The van der Waals surface area contributed by atoms with Gasteiger partial charge in [-0.3, -0.25) is 9.59 Å². The second-order valence-corrected chi connectivity index (χ2v) is 9.72. The lowest BCUT2D eigenvalue weighted by molar-refractivity contribution is -0.126. The summed E-state index contributed by atoms with van der Waals surface area (Å²) in [7, 11) is -2.24. The van der Waals surface area contributed by atoms with Crippen LogP contribution in [0.3, 0.4) is 0 Å². The Morgan fingerprint density at radius 2 is 1.85 bits per heavy atom. The van der Waals surface area contributed by atoms with Gasteiger partial charge in [-0.2, -0.15) is 4.31 Å². The first-order chi connectivity index (χ1) is 15.8. The van der Waals surface area contributed by atoms with Crippen molar-refractivity contribution in [1.29, 1.82) is 0 Å². The average molecular weight is 478 g/mol. The third-order valence-corrected chi connectivity index (χ3v) is 7.41. The molecule has 33 heavy (non-hydrogen) atoms. The molecule has 0 saturated carbocycles. The van der Waals surface area contributed by atoms with Crippen molar-refractivity contribution < 1.29 is 27.1 Å². The highest BCUT2D eigenvalue weighted by molar-refractivity contribution is 7.89. The van der Waals surface area contributed by atoms with Gasteiger partial charge in [0.05, 0.1) is 17.9 Å². The molecule has 1 atom stereocenters. The number of nitrogens with zero attached hydrogens (tertiary/aromatic N) is 1. The number of carbonyl (C=O) groups excluding carboxylic acids is 2. The molecule has 0 aliphatic carbocycles. The van der Waals surface area contributed by atoms with Crippen molar-refractivity contribution in [3.63, 3.8) is 0 Å². The molecule has 2 N–H and O–H groups in total. The molecule has 0 unspecified atom stereocenters. The van der Waals surface area contributed by atoms with Crippen LogP contribution in [0.2, 0.25) is 0 Å². The standard InChI is InChI=1S/C23H28FN3O5S/c1-32-21-7-3-2-5-17(21)15-26-22(28)12-13-25-23(29)18-6-4-14-27(16-18)33(30,31)20-10-8-19(24)9-11-20/h2-3,5,7-11,18H,4,6,12-16H2,1H3,(H,25,29)(H,26,28)/t18-/m1/s1. The number of para-hydroxylation sites is 1. The fraction of sp³-hybridized carbons (Fsp3) is 0.391. The van der Waals surface area contributed by atoms with Gasteiger partial charge in [0, 0.05) is 38.2 Å². The number of halogens is 1. The van der Waals surface area contributed by atoms with E-state index in [0.717, 1.165) is 17.7 Å². The number of nitrogens with one attached hydrogen (secondary N) is 2. The number of rotatable bonds is 9. The first-order valence-corrected chi connectivity index (χ1v) is 12.2. The van der Waals surface area contributed by atoms with Crippen LogP contribution >= 0.6 is 0 Å². The van der Waals surface area contributed by atoms with Gasteiger partial charge in [-0.1, -0.05) is 18.2 Å². The summed E-state index contributed by atoms with van der Waals surface area (Å²) in [6.07, 6.45) is 1.20. The minimum absolute atomic E-state index is 0.00308. The summed E-state index contributed by atoms with van der Waals surface area (Å²) in [5.74, 6) is -0.845. The second kappa shape index (κ2) is 11.2. The van der Waals surface area contributed by atoms with Gasteiger partial charge >= 0.3 is 0 Å². The smallest absolute Gasteiger partial charge is 0.243 e. The molecule has 8 nitrogen and oxygen atoms in total. The van der Waals surface area contributed by atoms with Crippen LogP contribution in [0.4, 0.5) is 4.39 Å². The van der Waals surface area contributed by atoms with E-state index in [1.807, 2.05) is 24.3 Å². The fourth-order valence-electron chi connectivity index (χ4n) is 3.71. The largest absolute Gasteiger partial charge is 0.496 e. The van der Waals surface area contributed by atoms with Crippen LogP contribution in [0.15, 0.2) is 53.4 Å². The molecule has 2 aromatic rings. The summed E-state index contributed by atoms with van der Waals surface area (Å²) in [6.45, 7) is 0.813. The molecule has 10 heteroatoms. The lowest BCUT2D eigenvalue weighted by atomic mass is 9.99. The predicted molar refractivity (Wildman–Crippen MR) is 120 cm³/mol. The molecule has 1 heterocycles. The molecular formula is C23H28FN3O5S. The summed E-state index contributed by atoms with van der Waals surface area (Å²) >= 11 is 0.